The van der Waals surface area contributed by atoms with Crippen LogP contribution >= 0.6 is 0 Å². The van der Waals surface area contributed by atoms with Crippen LogP contribution in [-0.2, 0) is 11.2 Å². The molecule has 2 N–H and O–H groups in total. The molecule has 0 spiro atoms. The number of amides is 2. The fraction of sp³-hybridized carbons (Fsp3) is 0.417. The lowest BCUT2D eigenvalue weighted by molar-refractivity contribution is -0.122. The predicted molar refractivity (Wildman–Crippen MR) is 115 cm³/mol. The molecule has 0 saturated heterocycles. The molecule has 1 unspecified atom stereocenters. The normalized spacial score (nSPS) is 15.4. The molecule has 2 aromatic rings. The molecule has 2 amide bonds. The average Bonchev–Trinajstić information content (AvgIpc) is 2.75. The maximum atomic E-state index is 12.5. The number of aryl methyl sites for hydroxylation is 1. The van der Waals surface area contributed by atoms with Crippen LogP contribution < -0.4 is 15.4 Å². The van der Waals surface area contributed by atoms with Gasteiger partial charge in [-0.1, -0.05) is 44.4 Å². The summed E-state index contributed by atoms with van der Waals surface area (Å²) in [4.78, 5) is 25.0. The molecule has 1 fully saturated rings. The first-order valence-corrected chi connectivity index (χ1v) is 10.5. The third-order valence-corrected chi connectivity index (χ3v) is 5.35. The Morgan fingerprint density at radius 3 is 2.48 bits per heavy atom. The molecule has 1 aliphatic carbocycles. The summed E-state index contributed by atoms with van der Waals surface area (Å²) in [5, 5.41) is 5.94. The number of carbonyl (C=O) groups excluding carboxylic acids is 2. The van der Waals surface area contributed by atoms with Gasteiger partial charge in [-0.3, -0.25) is 9.59 Å². The van der Waals surface area contributed by atoms with Gasteiger partial charge < -0.3 is 15.4 Å². The van der Waals surface area contributed by atoms with Gasteiger partial charge in [-0.2, -0.15) is 0 Å². The van der Waals surface area contributed by atoms with Gasteiger partial charge in [0.05, 0.1) is 0 Å². The molecule has 2 aromatic carbocycles. The van der Waals surface area contributed by atoms with E-state index in [0.29, 0.717) is 17.0 Å². The average molecular weight is 395 g/mol. The second kappa shape index (κ2) is 10.1. The Labute approximate surface area is 172 Å². The number of benzene rings is 2. The molecule has 154 valence electrons. The molecule has 0 heterocycles. The summed E-state index contributed by atoms with van der Waals surface area (Å²) in [6, 6.07) is 15.0. The molecule has 3 rings (SSSR count). The third kappa shape index (κ3) is 6.08. The van der Waals surface area contributed by atoms with E-state index < -0.39 is 6.10 Å². The molecule has 1 saturated carbocycles. The molecule has 0 aromatic heterocycles. The van der Waals surface area contributed by atoms with E-state index >= 15 is 0 Å². The van der Waals surface area contributed by atoms with Gasteiger partial charge in [-0.25, -0.2) is 0 Å². The minimum atomic E-state index is -0.651. The van der Waals surface area contributed by atoms with Gasteiger partial charge in [0.15, 0.2) is 6.10 Å². The molecule has 1 aliphatic rings. The van der Waals surface area contributed by atoms with E-state index in [1.165, 1.54) is 24.8 Å². The first-order valence-electron chi connectivity index (χ1n) is 10.5. The van der Waals surface area contributed by atoms with E-state index in [1.54, 1.807) is 31.2 Å². The second-order valence-corrected chi connectivity index (χ2v) is 7.64. The molecule has 1 atom stereocenters. The third-order valence-electron chi connectivity index (χ3n) is 5.35. The van der Waals surface area contributed by atoms with Crippen molar-refractivity contribution in [2.75, 3.05) is 5.32 Å². The number of carbonyl (C=O) groups is 2. The summed E-state index contributed by atoms with van der Waals surface area (Å²) in [5.41, 5.74) is 2.36. The molecule has 5 nitrogen and oxygen atoms in total. The van der Waals surface area contributed by atoms with Crippen molar-refractivity contribution in [3.05, 3.63) is 59.7 Å². The lowest BCUT2D eigenvalue weighted by Crippen LogP contribution is -2.36. The highest BCUT2D eigenvalue weighted by Gasteiger charge is 2.18. The summed E-state index contributed by atoms with van der Waals surface area (Å²) in [6.07, 6.45) is 5.96. The van der Waals surface area contributed by atoms with Crippen LogP contribution in [0.2, 0.25) is 0 Å². The van der Waals surface area contributed by atoms with E-state index in [9.17, 15) is 9.59 Å². The monoisotopic (exact) mass is 394 g/mol. The Bertz CT molecular complexity index is 826. The minimum absolute atomic E-state index is 0.0895. The number of nitrogens with one attached hydrogen (secondary N) is 2. The quantitative estimate of drug-likeness (QED) is 0.714. The van der Waals surface area contributed by atoms with Crippen LogP contribution in [0.5, 0.6) is 5.75 Å². The largest absolute Gasteiger partial charge is 0.481 e. The molecule has 29 heavy (non-hydrogen) atoms. The van der Waals surface area contributed by atoms with Crippen molar-refractivity contribution in [2.24, 2.45) is 0 Å². The number of rotatable bonds is 7. The predicted octanol–water partition coefficient (Wildman–Crippen LogP) is 4.72. The molecule has 0 radical (unpaired) electrons. The first kappa shape index (κ1) is 20.9. The number of ether oxygens (including phenoxy) is 1. The summed E-state index contributed by atoms with van der Waals surface area (Å²) in [7, 11) is 0. The molecular formula is C24H30N2O3. The Balaban J connectivity index is 1.56. The second-order valence-electron chi connectivity index (χ2n) is 7.64. The van der Waals surface area contributed by atoms with Crippen molar-refractivity contribution < 1.29 is 14.3 Å². The number of hydrogen-bond acceptors (Lipinski definition) is 3. The lowest BCUT2D eigenvalue weighted by atomic mass is 9.95. The van der Waals surface area contributed by atoms with E-state index in [0.717, 1.165) is 19.3 Å². The van der Waals surface area contributed by atoms with Gasteiger partial charge in [0.1, 0.15) is 5.75 Å². The number of hydrogen-bond donors (Lipinski definition) is 2. The van der Waals surface area contributed by atoms with Crippen molar-refractivity contribution in [2.45, 2.75) is 64.5 Å². The van der Waals surface area contributed by atoms with Crippen LogP contribution in [0.15, 0.2) is 48.5 Å². The Morgan fingerprint density at radius 2 is 1.79 bits per heavy atom. The Hall–Kier alpha value is -2.82. The molecule has 0 bridgehead atoms. The van der Waals surface area contributed by atoms with Gasteiger partial charge >= 0.3 is 0 Å². The van der Waals surface area contributed by atoms with Crippen molar-refractivity contribution in [3.8, 4) is 5.75 Å². The summed E-state index contributed by atoms with van der Waals surface area (Å²) in [5.74, 6) is 0.313. The van der Waals surface area contributed by atoms with E-state index in [4.69, 9.17) is 4.74 Å². The van der Waals surface area contributed by atoms with Gasteiger partial charge in [0.2, 0.25) is 0 Å². The molecule has 5 heteroatoms. The topological polar surface area (TPSA) is 67.4 Å². The fourth-order valence-corrected chi connectivity index (χ4v) is 3.56. The van der Waals surface area contributed by atoms with Gasteiger partial charge in [-0.05, 0) is 62.1 Å². The zero-order chi connectivity index (χ0) is 20.6. The summed E-state index contributed by atoms with van der Waals surface area (Å²) in [6.45, 7) is 3.80. The van der Waals surface area contributed by atoms with Crippen molar-refractivity contribution in [1.29, 1.82) is 0 Å². The Kier molecular flexibility index (Phi) is 7.28. The molecule has 0 aliphatic heterocycles. The van der Waals surface area contributed by atoms with Crippen LogP contribution in [0.4, 0.5) is 5.69 Å². The van der Waals surface area contributed by atoms with Crippen LogP contribution in [0.1, 0.15) is 61.9 Å². The highest BCUT2D eigenvalue weighted by Crippen LogP contribution is 2.19. The van der Waals surface area contributed by atoms with Gasteiger partial charge in [0.25, 0.3) is 11.8 Å². The van der Waals surface area contributed by atoms with Crippen LogP contribution in [0.25, 0.3) is 0 Å². The summed E-state index contributed by atoms with van der Waals surface area (Å²) < 4.78 is 5.73. The summed E-state index contributed by atoms with van der Waals surface area (Å²) >= 11 is 0. The van der Waals surface area contributed by atoms with Crippen LogP contribution in [0, 0.1) is 0 Å². The van der Waals surface area contributed by atoms with Gasteiger partial charge in [0, 0.05) is 17.3 Å². The van der Waals surface area contributed by atoms with Crippen molar-refractivity contribution >= 4 is 17.5 Å². The highest BCUT2D eigenvalue weighted by atomic mass is 16.5. The van der Waals surface area contributed by atoms with Crippen molar-refractivity contribution in [3.63, 3.8) is 0 Å². The minimum Gasteiger partial charge on any atom is -0.481 e. The highest BCUT2D eigenvalue weighted by molar-refractivity contribution is 5.98. The van der Waals surface area contributed by atoms with Crippen LogP contribution in [0.3, 0.4) is 0 Å². The van der Waals surface area contributed by atoms with Crippen molar-refractivity contribution in [1.82, 2.24) is 5.32 Å². The SMILES string of the molecule is CCc1ccc(OC(C)C(=O)Nc2cccc(C(=O)NC3CCCCC3)c2)cc1. The fourth-order valence-electron chi connectivity index (χ4n) is 3.56. The van der Waals surface area contributed by atoms with E-state index in [-0.39, 0.29) is 17.9 Å². The Morgan fingerprint density at radius 1 is 1.07 bits per heavy atom. The molecular weight excluding hydrogens is 364 g/mol. The maximum Gasteiger partial charge on any atom is 0.265 e. The van der Waals surface area contributed by atoms with E-state index in [1.807, 2.05) is 24.3 Å². The van der Waals surface area contributed by atoms with E-state index in [2.05, 4.69) is 17.6 Å². The zero-order valence-electron chi connectivity index (χ0n) is 17.2. The van der Waals surface area contributed by atoms with Crippen LogP contribution in [-0.4, -0.2) is 24.0 Å². The lowest BCUT2D eigenvalue weighted by Gasteiger charge is -2.22. The zero-order valence-corrected chi connectivity index (χ0v) is 17.2. The first-order chi connectivity index (χ1) is 14.0. The smallest absolute Gasteiger partial charge is 0.265 e. The standard InChI is InChI=1S/C24H30N2O3/c1-3-18-12-14-22(15-13-18)29-17(2)23(27)26-21-11-7-8-19(16-21)24(28)25-20-9-5-4-6-10-20/h7-8,11-17,20H,3-6,9-10H2,1-2H3,(H,25,28)(H,26,27). The number of anilines is 1. The van der Waals surface area contributed by atoms with Gasteiger partial charge in [-0.15, -0.1) is 0 Å². The maximum absolute atomic E-state index is 12.5.